The highest BCUT2D eigenvalue weighted by molar-refractivity contribution is 5.40. The summed E-state index contributed by atoms with van der Waals surface area (Å²) >= 11 is 0. The summed E-state index contributed by atoms with van der Waals surface area (Å²) in [6, 6.07) is 10.6. The lowest BCUT2D eigenvalue weighted by molar-refractivity contribution is 0.166. The van der Waals surface area contributed by atoms with Gasteiger partial charge in [0.05, 0.1) is 0 Å². The van der Waals surface area contributed by atoms with Gasteiger partial charge in [0.25, 0.3) is 0 Å². The molecule has 0 aromatic heterocycles. The Labute approximate surface area is 116 Å². The number of hydrogen-bond acceptors (Lipinski definition) is 2. The van der Waals surface area contributed by atoms with E-state index in [1.807, 2.05) is 0 Å². The first-order valence-electron chi connectivity index (χ1n) is 7.95. The summed E-state index contributed by atoms with van der Waals surface area (Å²) in [7, 11) is 0. The second kappa shape index (κ2) is 4.92. The highest BCUT2D eigenvalue weighted by atomic mass is 15.2. The third kappa shape index (κ3) is 2.21. The van der Waals surface area contributed by atoms with Crippen molar-refractivity contribution in [3.8, 4) is 0 Å². The Hall–Kier alpha value is -0.860. The third-order valence-electron chi connectivity index (χ3n) is 5.43. The summed E-state index contributed by atoms with van der Waals surface area (Å²) in [4.78, 5) is 2.71. The van der Waals surface area contributed by atoms with Gasteiger partial charge in [-0.1, -0.05) is 24.3 Å². The van der Waals surface area contributed by atoms with Crippen molar-refractivity contribution in [3.05, 3.63) is 35.4 Å². The van der Waals surface area contributed by atoms with Crippen molar-refractivity contribution >= 4 is 0 Å². The minimum atomic E-state index is 0.770. The molecule has 2 nitrogen and oxygen atoms in total. The maximum atomic E-state index is 3.85. The molecule has 19 heavy (non-hydrogen) atoms. The molecule has 0 bridgehead atoms. The fraction of sp³-hybridized carbons (Fsp3) is 0.647. The van der Waals surface area contributed by atoms with E-state index in [4.69, 9.17) is 0 Å². The molecule has 0 saturated carbocycles. The molecule has 2 aliphatic heterocycles. The summed E-state index contributed by atoms with van der Waals surface area (Å²) in [5, 5.41) is 3.85. The molecule has 4 rings (SSSR count). The van der Waals surface area contributed by atoms with Gasteiger partial charge in [0, 0.05) is 24.5 Å². The molecule has 1 aliphatic carbocycles. The minimum Gasteiger partial charge on any atom is -0.313 e. The van der Waals surface area contributed by atoms with Crippen LogP contribution in [-0.4, -0.2) is 36.6 Å². The monoisotopic (exact) mass is 256 g/mol. The summed E-state index contributed by atoms with van der Waals surface area (Å²) in [5.74, 6) is 0.776. The SMILES string of the molecule is c1ccc2c(c1)CC2CNC1CCN2CCCC2C1. The van der Waals surface area contributed by atoms with E-state index in [1.165, 1.54) is 51.7 Å². The van der Waals surface area contributed by atoms with Crippen molar-refractivity contribution in [3.63, 3.8) is 0 Å². The van der Waals surface area contributed by atoms with E-state index in [2.05, 4.69) is 34.5 Å². The van der Waals surface area contributed by atoms with Crippen molar-refractivity contribution in [1.29, 1.82) is 0 Å². The second-order valence-electron chi connectivity index (χ2n) is 6.56. The Bertz CT molecular complexity index is 456. The molecule has 1 N–H and O–H groups in total. The molecule has 0 spiro atoms. The van der Waals surface area contributed by atoms with Gasteiger partial charge in [-0.05, 0) is 56.3 Å². The van der Waals surface area contributed by atoms with Gasteiger partial charge >= 0.3 is 0 Å². The summed E-state index contributed by atoms with van der Waals surface area (Å²) in [5.41, 5.74) is 3.16. The molecule has 3 atom stereocenters. The maximum absolute atomic E-state index is 3.85. The standard InChI is InChI=1S/C17H24N2/c1-2-6-17-13(4-1)10-14(17)12-18-15-7-9-19-8-3-5-16(19)11-15/h1-2,4,6,14-16,18H,3,5,7-12H2. The van der Waals surface area contributed by atoms with E-state index in [0.29, 0.717) is 0 Å². The van der Waals surface area contributed by atoms with Crippen molar-refractivity contribution in [2.75, 3.05) is 19.6 Å². The molecule has 1 aromatic carbocycles. The Balaban J connectivity index is 1.30. The molecule has 0 amide bonds. The molecule has 0 radical (unpaired) electrons. The predicted octanol–water partition coefficient (Wildman–Crippen LogP) is 2.54. The largest absolute Gasteiger partial charge is 0.313 e. The molecule has 1 aromatic rings. The van der Waals surface area contributed by atoms with Gasteiger partial charge in [0.2, 0.25) is 0 Å². The molecular weight excluding hydrogens is 232 g/mol. The first kappa shape index (κ1) is 11.9. The molecule has 3 unspecified atom stereocenters. The number of nitrogens with zero attached hydrogens (tertiary/aromatic N) is 1. The Morgan fingerprint density at radius 1 is 1.16 bits per heavy atom. The Morgan fingerprint density at radius 3 is 3.05 bits per heavy atom. The third-order valence-corrected chi connectivity index (χ3v) is 5.43. The van der Waals surface area contributed by atoms with Gasteiger partial charge in [-0.3, -0.25) is 0 Å². The molecule has 2 heteroatoms. The lowest BCUT2D eigenvalue weighted by Gasteiger charge is -2.37. The van der Waals surface area contributed by atoms with E-state index in [-0.39, 0.29) is 0 Å². The first-order chi connectivity index (χ1) is 9.40. The molecule has 3 aliphatic rings. The molecule has 2 fully saturated rings. The maximum Gasteiger partial charge on any atom is 0.0111 e. The van der Waals surface area contributed by atoms with Gasteiger partial charge < -0.3 is 10.2 Å². The van der Waals surface area contributed by atoms with Crippen molar-refractivity contribution in [2.24, 2.45) is 0 Å². The van der Waals surface area contributed by atoms with Gasteiger partial charge in [-0.15, -0.1) is 0 Å². The van der Waals surface area contributed by atoms with E-state index in [1.54, 1.807) is 11.1 Å². The van der Waals surface area contributed by atoms with E-state index >= 15 is 0 Å². The topological polar surface area (TPSA) is 15.3 Å². The average molecular weight is 256 g/mol. The highest BCUT2D eigenvalue weighted by Gasteiger charge is 2.32. The summed E-state index contributed by atoms with van der Waals surface area (Å²) < 4.78 is 0. The van der Waals surface area contributed by atoms with Gasteiger partial charge in [-0.25, -0.2) is 0 Å². The Kier molecular flexibility index (Phi) is 3.08. The fourth-order valence-electron chi connectivity index (χ4n) is 4.26. The first-order valence-corrected chi connectivity index (χ1v) is 7.95. The molecule has 102 valence electrons. The number of rotatable bonds is 3. The van der Waals surface area contributed by atoms with Crippen LogP contribution in [0, 0.1) is 0 Å². The molecular formula is C17H24N2. The van der Waals surface area contributed by atoms with Crippen LogP contribution in [0.5, 0.6) is 0 Å². The number of nitrogens with one attached hydrogen (secondary N) is 1. The highest BCUT2D eigenvalue weighted by Crippen LogP contribution is 2.34. The second-order valence-corrected chi connectivity index (χ2v) is 6.56. The molecule has 2 heterocycles. The summed E-state index contributed by atoms with van der Waals surface area (Å²) in [6.45, 7) is 3.87. The number of hydrogen-bond donors (Lipinski definition) is 1. The zero-order valence-electron chi connectivity index (χ0n) is 11.6. The van der Waals surface area contributed by atoms with Crippen LogP contribution in [0.2, 0.25) is 0 Å². The van der Waals surface area contributed by atoms with Crippen LogP contribution in [-0.2, 0) is 6.42 Å². The van der Waals surface area contributed by atoms with Crippen LogP contribution in [0.3, 0.4) is 0 Å². The zero-order valence-corrected chi connectivity index (χ0v) is 11.6. The van der Waals surface area contributed by atoms with Gasteiger partial charge in [0.1, 0.15) is 0 Å². The van der Waals surface area contributed by atoms with Crippen LogP contribution in [0.1, 0.15) is 42.7 Å². The quantitative estimate of drug-likeness (QED) is 0.894. The minimum absolute atomic E-state index is 0.770. The smallest absolute Gasteiger partial charge is 0.0111 e. The lowest BCUT2D eigenvalue weighted by Crippen LogP contribution is -2.47. The van der Waals surface area contributed by atoms with Crippen molar-refractivity contribution < 1.29 is 0 Å². The average Bonchev–Trinajstić information content (AvgIpc) is 2.87. The normalized spacial score (nSPS) is 33.6. The number of piperidine rings is 1. The zero-order chi connectivity index (χ0) is 12.7. The number of benzene rings is 1. The fourth-order valence-corrected chi connectivity index (χ4v) is 4.26. The van der Waals surface area contributed by atoms with Crippen LogP contribution < -0.4 is 5.32 Å². The van der Waals surface area contributed by atoms with Gasteiger partial charge in [-0.2, -0.15) is 0 Å². The van der Waals surface area contributed by atoms with Crippen molar-refractivity contribution in [2.45, 2.75) is 50.1 Å². The van der Waals surface area contributed by atoms with Crippen LogP contribution >= 0.6 is 0 Å². The molecule has 2 saturated heterocycles. The van der Waals surface area contributed by atoms with Gasteiger partial charge in [0.15, 0.2) is 0 Å². The van der Waals surface area contributed by atoms with E-state index in [9.17, 15) is 0 Å². The van der Waals surface area contributed by atoms with Crippen LogP contribution in [0.4, 0.5) is 0 Å². The van der Waals surface area contributed by atoms with E-state index < -0.39 is 0 Å². The Morgan fingerprint density at radius 2 is 2.11 bits per heavy atom. The van der Waals surface area contributed by atoms with E-state index in [0.717, 1.165) is 18.0 Å². The predicted molar refractivity (Wildman–Crippen MR) is 78.5 cm³/mol. The van der Waals surface area contributed by atoms with Crippen LogP contribution in [0.25, 0.3) is 0 Å². The summed E-state index contributed by atoms with van der Waals surface area (Å²) in [6.07, 6.45) is 6.88. The lowest BCUT2D eigenvalue weighted by atomic mass is 9.77. The van der Waals surface area contributed by atoms with Crippen molar-refractivity contribution in [1.82, 2.24) is 10.2 Å². The number of fused-ring (bicyclic) bond motifs is 2. The van der Waals surface area contributed by atoms with Crippen LogP contribution in [0.15, 0.2) is 24.3 Å².